The Hall–Kier alpha value is -3.19. The van der Waals surface area contributed by atoms with Crippen molar-refractivity contribution in [2.75, 3.05) is 26.6 Å². The number of rotatable bonds is 12. The monoisotopic (exact) mass is 515 g/mol. The molecule has 0 aromatic heterocycles. The number of allylic oxidation sites excluding steroid dienone is 2. The van der Waals surface area contributed by atoms with E-state index in [0.717, 1.165) is 47.9 Å². The number of carbonyl (C=O) groups is 2. The maximum Gasteiger partial charge on any atom is 0.341 e. The molecule has 0 spiro atoms. The second-order valence-corrected chi connectivity index (χ2v) is 9.18. The number of fused-ring (bicyclic) bond motifs is 1. The summed E-state index contributed by atoms with van der Waals surface area (Å²) in [6.07, 6.45) is 7.22. The minimum atomic E-state index is -1.10. The Balaban J connectivity index is 2.17. The topological polar surface area (TPSA) is 94.1 Å². The third kappa shape index (κ3) is 5.46. The highest BCUT2D eigenvalue weighted by Gasteiger charge is 2.31. The zero-order valence-corrected chi connectivity index (χ0v) is 22.3. The number of carbonyl (C=O) groups excluding carboxylic acids is 1. The molecular formula is C28H34ClNO6. The fourth-order valence-corrected chi connectivity index (χ4v) is 5.10. The van der Waals surface area contributed by atoms with Gasteiger partial charge in [0, 0.05) is 18.2 Å². The van der Waals surface area contributed by atoms with Crippen molar-refractivity contribution in [2.24, 2.45) is 0 Å². The number of unbranched alkanes of at least 4 members (excludes halogenated alkanes) is 3. The van der Waals surface area contributed by atoms with Crippen LogP contribution in [0.25, 0.3) is 5.57 Å². The first kappa shape index (κ1) is 27.4. The van der Waals surface area contributed by atoms with E-state index >= 15 is 0 Å². The van der Waals surface area contributed by atoms with E-state index in [1.54, 1.807) is 20.2 Å². The van der Waals surface area contributed by atoms with Crippen molar-refractivity contribution < 1.29 is 28.9 Å². The van der Waals surface area contributed by atoms with E-state index < -0.39 is 5.97 Å². The third-order valence-corrected chi connectivity index (χ3v) is 6.94. The second kappa shape index (κ2) is 12.2. The molecule has 1 aliphatic rings. The van der Waals surface area contributed by atoms with Crippen LogP contribution in [0.2, 0.25) is 5.02 Å². The number of carboxylic acids is 1. The van der Waals surface area contributed by atoms with Gasteiger partial charge >= 0.3 is 11.9 Å². The van der Waals surface area contributed by atoms with Crippen LogP contribution in [0.3, 0.4) is 0 Å². The van der Waals surface area contributed by atoms with Crippen molar-refractivity contribution in [1.29, 1.82) is 0 Å². The molecule has 0 amide bonds. The maximum atomic E-state index is 12.5. The number of ether oxygens (including phenoxy) is 3. The molecule has 3 rings (SSSR count). The molecule has 0 fully saturated rings. The van der Waals surface area contributed by atoms with Crippen LogP contribution in [0, 0.1) is 6.92 Å². The number of anilines is 1. The summed E-state index contributed by atoms with van der Waals surface area (Å²) in [6, 6.07) is 3.24. The number of halogens is 1. The number of carboxylic acid groups (broad SMARTS) is 1. The van der Waals surface area contributed by atoms with E-state index in [9.17, 15) is 14.7 Å². The highest BCUT2D eigenvalue weighted by atomic mass is 35.5. The summed E-state index contributed by atoms with van der Waals surface area (Å²) in [6.45, 7) is 4.28. The SMILES string of the molecule is CCCCCCC(=CCc1c(NC)c2c(c(C)c1OC)COC2=O)c1cc(OC)cc(Cl)c1C(=O)O. The minimum Gasteiger partial charge on any atom is -0.497 e. The molecule has 194 valence electrons. The molecule has 0 radical (unpaired) electrons. The van der Waals surface area contributed by atoms with Gasteiger partial charge in [-0.05, 0) is 55.0 Å². The molecule has 0 saturated heterocycles. The highest BCUT2D eigenvalue weighted by molar-refractivity contribution is 6.34. The van der Waals surface area contributed by atoms with Gasteiger partial charge in [-0.2, -0.15) is 0 Å². The zero-order valence-electron chi connectivity index (χ0n) is 21.5. The molecule has 8 heteroatoms. The van der Waals surface area contributed by atoms with Gasteiger partial charge in [0.25, 0.3) is 0 Å². The van der Waals surface area contributed by atoms with Crippen LogP contribution < -0.4 is 14.8 Å². The molecule has 1 aliphatic heterocycles. The van der Waals surface area contributed by atoms with Crippen molar-refractivity contribution in [3.8, 4) is 11.5 Å². The molecule has 0 unspecified atom stereocenters. The van der Waals surface area contributed by atoms with E-state index in [2.05, 4.69) is 12.2 Å². The summed E-state index contributed by atoms with van der Waals surface area (Å²) < 4.78 is 16.5. The van der Waals surface area contributed by atoms with Crippen LogP contribution in [0.1, 0.15) is 82.0 Å². The lowest BCUT2D eigenvalue weighted by Gasteiger charge is -2.19. The fraction of sp³-hybridized carbons (Fsp3) is 0.429. The predicted molar refractivity (Wildman–Crippen MR) is 142 cm³/mol. The summed E-state index contributed by atoms with van der Waals surface area (Å²) in [4.78, 5) is 24.7. The fourth-order valence-electron chi connectivity index (χ4n) is 4.81. The molecule has 2 aromatic rings. The van der Waals surface area contributed by atoms with Crippen molar-refractivity contribution >= 4 is 34.8 Å². The lowest BCUT2D eigenvalue weighted by Crippen LogP contribution is -2.09. The Kier molecular flexibility index (Phi) is 9.26. The van der Waals surface area contributed by atoms with Gasteiger partial charge in [-0.15, -0.1) is 0 Å². The van der Waals surface area contributed by atoms with Gasteiger partial charge in [0.05, 0.1) is 36.1 Å². The third-order valence-electron chi connectivity index (χ3n) is 6.64. The number of cyclic esters (lactones) is 1. The predicted octanol–water partition coefficient (Wildman–Crippen LogP) is 6.67. The number of methoxy groups -OCH3 is 2. The first-order valence-electron chi connectivity index (χ1n) is 12.2. The van der Waals surface area contributed by atoms with Crippen LogP contribution in [-0.2, 0) is 17.8 Å². The lowest BCUT2D eigenvalue weighted by atomic mass is 9.90. The van der Waals surface area contributed by atoms with Crippen molar-refractivity contribution in [2.45, 2.75) is 59.0 Å². The number of esters is 1. The number of benzene rings is 2. The van der Waals surface area contributed by atoms with Gasteiger partial charge in [0.1, 0.15) is 18.1 Å². The molecule has 7 nitrogen and oxygen atoms in total. The lowest BCUT2D eigenvalue weighted by molar-refractivity contribution is 0.0535. The summed E-state index contributed by atoms with van der Waals surface area (Å²) in [5, 5.41) is 13.2. The van der Waals surface area contributed by atoms with Gasteiger partial charge in [-0.25, -0.2) is 9.59 Å². The summed E-state index contributed by atoms with van der Waals surface area (Å²) >= 11 is 6.38. The number of aromatic carboxylic acids is 1. The van der Waals surface area contributed by atoms with E-state index in [0.29, 0.717) is 41.2 Å². The first-order chi connectivity index (χ1) is 17.3. The van der Waals surface area contributed by atoms with E-state index in [1.165, 1.54) is 13.2 Å². The van der Waals surface area contributed by atoms with Gasteiger partial charge in [-0.3, -0.25) is 0 Å². The molecular weight excluding hydrogens is 482 g/mol. The summed E-state index contributed by atoms with van der Waals surface area (Å²) in [7, 11) is 4.89. The largest absolute Gasteiger partial charge is 0.497 e. The second-order valence-electron chi connectivity index (χ2n) is 8.77. The Morgan fingerprint density at radius 2 is 1.97 bits per heavy atom. The van der Waals surface area contributed by atoms with Crippen LogP contribution in [0.5, 0.6) is 11.5 Å². The first-order valence-corrected chi connectivity index (χ1v) is 12.5. The van der Waals surface area contributed by atoms with Crippen molar-refractivity contribution in [3.63, 3.8) is 0 Å². The normalized spacial score (nSPS) is 12.8. The molecule has 0 atom stereocenters. The molecule has 1 heterocycles. The van der Waals surface area contributed by atoms with Gasteiger partial charge < -0.3 is 24.6 Å². The average Bonchev–Trinajstić information content (AvgIpc) is 3.24. The Labute approximate surface area is 217 Å². The Morgan fingerprint density at radius 3 is 2.58 bits per heavy atom. The maximum absolute atomic E-state index is 12.5. The molecule has 0 bridgehead atoms. The van der Waals surface area contributed by atoms with Crippen LogP contribution >= 0.6 is 11.6 Å². The van der Waals surface area contributed by atoms with Crippen LogP contribution in [-0.4, -0.2) is 38.3 Å². The quantitative estimate of drug-likeness (QED) is 0.241. The highest BCUT2D eigenvalue weighted by Crippen LogP contribution is 2.42. The van der Waals surface area contributed by atoms with Crippen molar-refractivity contribution in [3.05, 3.63) is 56.6 Å². The van der Waals surface area contributed by atoms with Gasteiger partial charge in [0.2, 0.25) is 0 Å². The summed E-state index contributed by atoms with van der Waals surface area (Å²) in [5.41, 5.74) is 5.13. The summed E-state index contributed by atoms with van der Waals surface area (Å²) in [5.74, 6) is -0.288. The molecule has 36 heavy (non-hydrogen) atoms. The van der Waals surface area contributed by atoms with E-state index in [-0.39, 0.29) is 23.2 Å². The van der Waals surface area contributed by atoms with E-state index in [1.807, 2.05) is 13.0 Å². The number of nitrogens with one attached hydrogen (secondary N) is 1. The van der Waals surface area contributed by atoms with Gasteiger partial charge in [-0.1, -0.05) is 43.9 Å². The number of hydrogen-bond donors (Lipinski definition) is 2. The van der Waals surface area contributed by atoms with Crippen LogP contribution in [0.4, 0.5) is 5.69 Å². The average molecular weight is 516 g/mol. The molecule has 0 aliphatic carbocycles. The van der Waals surface area contributed by atoms with Gasteiger partial charge in [0.15, 0.2) is 0 Å². The molecule has 2 N–H and O–H groups in total. The smallest absolute Gasteiger partial charge is 0.341 e. The van der Waals surface area contributed by atoms with Crippen LogP contribution in [0.15, 0.2) is 18.2 Å². The Bertz CT molecular complexity index is 1190. The van der Waals surface area contributed by atoms with Crippen molar-refractivity contribution in [1.82, 2.24) is 0 Å². The molecule has 0 saturated carbocycles. The Morgan fingerprint density at radius 1 is 1.22 bits per heavy atom. The number of hydrogen-bond acceptors (Lipinski definition) is 6. The minimum absolute atomic E-state index is 0.0497. The standard InChI is InChI=1S/C28H34ClNO6/c1-6-7-8-9-10-17(20-13-18(34-4)14-22(29)23(20)27(31)32)11-12-19-25(30-3)24-21(15-36-28(24)33)16(2)26(19)35-5/h11,13-14,30H,6-10,12,15H2,1-5H3,(H,31,32). The van der Waals surface area contributed by atoms with E-state index in [4.69, 9.17) is 25.8 Å². The zero-order chi connectivity index (χ0) is 26.4. The molecule has 2 aromatic carbocycles.